The summed E-state index contributed by atoms with van der Waals surface area (Å²) >= 11 is 1.94. The van der Waals surface area contributed by atoms with Gasteiger partial charge in [0.05, 0.1) is 0 Å². The molecule has 0 heterocycles. The van der Waals surface area contributed by atoms with Crippen LogP contribution in [0.2, 0.25) is 0 Å². The van der Waals surface area contributed by atoms with Gasteiger partial charge in [-0.2, -0.15) is 11.8 Å². The fraction of sp³-hybridized carbons (Fsp3) is 0.600. The van der Waals surface area contributed by atoms with Crippen molar-refractivity contribution in [3.63, 3.8) is 0 Å². The third-order valence-electron chi connectivity index (χ3n) is 3.73. The minimum absolute atomic E-state index is 0.162. The number of rotatable bonds is 5. The molecule has 3 unspecified atom stereocenters. The van der Waals surface area contributed by atoms with E-state index in [1.165, 1.54) is 31.0 Å². The van der Waals surface area contributed by atoms with Gasteiger partial charge in [0.2, 0.25) is 0 Å². The summed E-state index contributed by atoms with van der Waals surface area (Å²) in [5.74, 6) is 0.168. The Morgan fingerprint density at radius 1 is 1.32 bits per heavy atom. The topological polar surface area (TPSA) is 12.0 Å². The summed E-state index contributed by atoms with van der Waals surface area (Å²) in [5.41, 5.74) is 0.162. The maximum Gasteiger partial charge on any atom is 0.130 e. The molecule has 0 bridgehead atoms. The number of thioether (sulfide) groups is 1. The van der Waals surface area contributed by atoms with Crippen LogP contribution in [-0.2, 0) is 0 Å². The Bertz CT molecular complexity index is 404. The Balaban J connectivity index is 2.06. The second-order valence-electron chi connectivity index (χ2n) is 5.05. The summed E-state index contributed by atoms with van der Waals surface area (Å²) < 4.78 is 27.5. The van der Waals surface area contributed by atoms with E-state index in [2.05, 4.69) is 12.2 Å². The lowest BCUT2D eigenvalue weighted by Gasteiger charge is -2.25. The molecular formula is C15H21F2NS. The first-order valence-electron chi connectivity index (χ1n) is 6.95. The molecule has 0 saturated heterocycles. The van der Waals surface area contributed by atoms with Crippen LogP contribution in [0.15, 0.2) is 18.2 Å². The lowest BCUT2D eigenvalue weighted by Crippen LogP contribution is -2.36. The minimum Gasteiger partial charge on any atom is -0.306 e. The number of hydrogen-bond acceptors (Lipinski definition) is 2. The van der Waals surface area contributed by atoms with Crippen LogP contribution in [0.5, 0.6) is 0 Å². The summed E-state index contributed by atoms with van der Waals surface area (Å²) in [5, 5.41) is 3.98. The van der Waals surface area contributed by atoms with Crippen LogP contribution in [0.3, 0.4) is 0 Å². The van der Waals surface area contributed by atoms with E-state index in [9.17, 15) is 8.78 Å². The molecule has 3 atom stereocenters. The molecule has 19 heavy (non-hydrogen) atoms. The molecule has 2 rings (SSSR count). The Kier molecular flexibility index (Phi) is 5.22. The quantitative estimate of drug-likeness (QED) is 0.866. The summed E-state index contributed by atoms with van der Waals surface area (Å²) in [6, 6.07) is 4.13. The van der Waals surface area contributed by atoms with Crippen molar-refractivity contribution in [1.29, 1.82) is 0 Å². The van der Waals surface area contributed by atoms with E-state index in [4.69, 9.17) is 0 Å². The average molecular weight is 285 g/mol. The van der Waals surface area contributed by atoms with Gasteiger partial charge in [0.25, 0.3) is 0 Å². The second-order valence-corrected chi connectivity index (χ2v) is 6.57. The van der Waals surface area contributed by atoms with E-state index in [0.717, 1.165) is 12.2 Å². The van der Waals surface area contributed by atoms with E-state index in [1.807, 2.05) is 18.7 Å². The van der Waals surface area contributed by atoms with Gasteiger partial charge in [0.15, 0.2) is 0 Å². The molecule has 1 aliphatic rings. The molecule has 1 saturated carbocycles. The number of nitrogens with one attached hydrogen (secondary N) is 1. The van der Waals surface area contributed by atoms with Crippen LogP contribution in [0, 0.1) is 11.6 Å². The number of benzene rings is 1. The third kappa shape index (κ3) is 3.48. The summed E-state index contributed by atoms with van der Waals surface area (Å²) in [7, 11) is 0. The lowest BCUT2D eigenvalue weighted by molar-refractivity contribution is 0.434. The highest BCUT2D eigenvalue weighted by Gasteiger charge is 2.29. The standard InChI is InChI=1S/C15H21F2NS/c1-3-19-14-9-5-8-13(14)18-10(2)15-11(16)6-4-7-12(15)17/h4,6-7,10,13-14,18H,3,5,8-9H2,1-2H3. The molecule has 106 valence electrons. The van der Waals surface area contributed by atoms with Gasteiger partial charge < -0.3 is 5.32 Å². The summed E-state index contributed by atoms with van der Waals surface area (Å²) in [6.45, 7) is 3.99. The molecule has 0 radical (unpaired) electrons. The molecule has 1 nitrogen and oxygen atoms in total. The van der Waals surface area contributed by atoms with Crippen molar-refractivity contribution in [2.75, 3.05) is 5.75 Å². The van der Waals surface area contributed by atoms with Gasteiger partial charge >= 0.3 is 0 Å². The maximum atomic E-state index is 13.7. The van der Waals surface area contributed by atoms with Gasteiger partial charge in [0.1, 0.15) is 11.6 Å². The van der Waals surface area contributed by atoms with Gasteiger partial charge in [-0.1, -0.05) is 19.4 Å². The van der Waals surface area contributed by atoms with E-state index in [1.54, 1.807) is 0 Å². The monoisotopic (exact) mass is 285 g/mol. The smallest absolute Gasteiger partial charge is 0.130 e. The third-order valence-corrected chi connectivity index (χ3v) is 5.06. The Morgan fingerprint density at radius 2 is 2.00 bits per heavy atom. The predicted octanol–water partition coefficient (Wildman–Crippen LogP) is 4.29. The molecule has 0 aliphatic heterocycles. The van der Waals surface area contributed by atoms with Crippen LogP contribution in [-0.4, -0.2) is 17.0 Å². The van der Waals surface area contributed by atoms with Crippen molar-refractivity contribution in [2.24, 2.45) is 0 Å². The highest BCUT2D eigenvalue weighted by atomic mass is 32.2. The van der Waals surface area contributed by atoms with Crippen LogP contribution in [0.4, 0.5) is 8.78 Å². The molecule has 1 aromatic carbocycles. The van der Waals surface area contributed by atoms with E-state index >= 15 is 0 Å². The molecule has 1 aliphatic carbocycles. The molecule has 1 aromatic rings. The van der Waals surface area contributed by atoms with Crippen LogP contribution < -0.4 is 5.32 Å². The molecule has 4 heteroatoms. The van der Waals surface area contributed by atoms with Gasteiger partial charge in [-0.3, -0.25) is 0 Å². The maximum absolute atomic E-state index is 13.7. The Morgan fingerprint density at radius 3 is 2.63 bits per heavy atom. The van der Waals surface area contributed by atoms with Crippen LogP contribution in [0.25, 0.3) is 0 Å². The SMILES string of the molecule is CCSC1CCCC1NC(C)c1c(F)cccc1F. The van der Waals surface area contributed by atoms with E-state index in [-0.39, 0.29) is 11.6 Å². The number of halogens is 2. The van der Waals surface area contributed by atoms with Crippen LogP contribution in [0.1, 0.15) is 44.7 Å². The number of hydrogen-bond donors (Lipinski definition) is 1. The van der Waals surface area contributed by atoms with Gasteiger partial charge in [-0.25, -0.2) is 8.78 Å². The van der Waals surface area contributed by atoms with Crippen molar-refractivity contribution in [2.45, 2.75) is 50.4 Å². The fourth-order valence-electron chi connectivity index (χ4n) is 2.86. The van der Waals surface area contributed by atoms with E-state index < -0.39 is 11.6 Å². The summed E-state index contributed by atoms with van der Waals surface area (Å²) in [4.78, 5) is 0. The largest absolute Gasteiger partial charge is 0.306 e. The van der Waals surface area contributed by atoms with Crippen molar-refractivity contribution < 1.29 is 8.78 Å². The second kappa shape index (κ2) is 6.71. The molecule has 0 aromatic heterocycles. The summed E-state index contributed by atoms with van der Waals surface area (Å²) in [6.07, 6.45) is 3.49. The first kappa shape index (κ1) is 14.8. The van der Waals surface area contributed by atoms with Crippen molar-refractivity contribution in [3.05, 3.63) is 35.4 Å². The van der Waals surface area contributed by atoms with Crippen LogP contribution >= 0.6 is 11.8 Å². The van der Waals surface area contributed by atoms with Gasteiger partial charge in [0, 0.05) is 22.9 Å². The molecule has 0 spiro atoms. The highest BCUT2D eigenvalue weighted by molar-refractivity contribution is 7.99. The molecule has 1 N–H and O–H groups in total. The van der Waals surface area contributed by atoms with Crippen molar-refractivity contribution in [3.8, 4) is 0 Å². The zero-order valence-electron chi connectivity index (χ0n) is 11.5. The zero-order valence-corrected chi connectivity index (χ0v) is 12.3. The molecule has 1 fully saturated rings. The predicted molar refractivity (Wildman–Crippen MR) is 77.5 cm³/mol. The normalized spacial score (nSPS) is 24.6. The minimum atomic E-state index is -0.460. The first-order chi connectivity index (χ1) is 9.13. The van der Waals surface area contributed by atoms with Gasteiger partial charge in [-0.05, 0) is 37.7 Å². The molecular weight excluding hydrogens is 264 g/mol. The fourth-order valence-corrected chi connectivity index (χ4v) is 4.07. The van der Waals surface area contributed by atoms with Gasteiger partial charge in [-0.15, -0.1) is 0 Å². The first-order valence-corrected chi connectivity index (χ1v) is 8.00. The Hall–Kier alpha value is -0.610. The zero-order chi connectivity index (χ0) is 13.8. The Labute approximate surface area is 118 Å². The van der Waals surface area contributed by atoms with E-state index in [0.29, 0.717) is 11.3 Å². The van der Waals surface area contributed by atoms with Crippen molar-refractivity contribution in [1.82, 2.24) is 5.32 Å². The molecule has 0 amide bonds. The average Bonchev–Trinajstić information content (AvgIpc) is 2.77. The highest BCUT2D eigenvalue weighted by Crippen LogP contribution is 2.32. The lowest BCUT2D eigenvalue weighted by atomic mass is 10.1. The van der Waals surface area contributed by atoms with Crippen molar-refractivity contribution >= 4 is 11.8 Å².